The smallest absolute Gasteiger partial charge is 0.156 e. The third-order valence-corrected chi connectivity index (χ3v) is 3.81. The molecule has 0 aliphatic carbocycles. The lowest BCUT2D eigenvalue weighted by Crippen LogP contribution is -2.23. The zero-order chi connectivity index (χ0) is 17.1. The highest BCUT2D eigenvalue weighted by Gasteiger charge is 2.14. The predicted molar refractivity (Wildman–Crippen MR) is 93.0 cm³/mol. The largest absolute Gasteiger partial charge is 0.507 e. The van der Waals surface area contributed by atoms with Gasteiger partial charge in [0.1, 0.15) is 11.4 Å². The molecule has 2 aromatic carbocycles. The van der Waals surface area contributed by atoms with Gasteiger partial charge in [-0.1, -0.05) is 30.3 Å². The maximum atomic E-state index is 10.2. The van der Waals surface area contributed by atoms with Crippen LogP contribution in [0, 0.1) is 6.92 Å². The standard InChI is InChI=1S/C18H19N3O3/c1-11-6-7-15(16(24)8-11)17-13-4-2-3-5-14(13)18(21-20-17)19-9-12(23)10-22/h2-8,12,22-24H,9-10H2,1H3,(H,19,21)/t12-/m0/s1. The molecule has 24 heavy (non-hydrogen) atoms. The van der Waals surface area contributed by atoms with Crippen molar-refractivity contribution in [3.8, 4) is 17.0 Å². The average Bonchev–Trinajstić information content (AvgIpc) is 2.60. The van der Waals surface area contributed by atoms with Crippen molar-refractivity contribution < 1.29 is 15.3 Å². The minimum absolute atomic E-state index is 0.158. The second-order valence-corrected chi connectivity index (χ2v) is 5.68. The maximum absolute atomic E-state index is 10.2. The monoisotopic (exact) mass is 325 g/mol. The SMILES string of the molecule is Cc1ccc(-c2nnc(NC[C@H](O)CO)c3ccccc23)c(O)c1. The number of hydrogen-bond acceptors (Lipinski definition) is 6. The van der Waals surface area contributed by atoms with E-state index in [-0.39, 0.29) is 18.9 Å². The first-order valence-electron chi connectivity index (χ1n) is 7.68. The molecule has 0 aliphatic rings. The van der Waals surface area contributed by atoms with Crippen LogP contribution in [-0.2, 0) is 0 Å². The highest BCUT2D eigenvalue weighted by atomic mass is 16.3. The van der Waals surface area contributed by atoms with Crippen LogP contribution in [0.25, 0.3) is 22.0 Å². The van der Waals surface area contributed by atoms with E-state index in [1.165, 1.54) is 0 Å². The molecule has 4 N–H and O–H groups in total. The molecular formula is C18H19N3O3. The topological polar surface area (TPSA) is 98.5 Å². The lowest BCUT2D eigenvalue weighted by atomic mass is 10.0. The number of aliphatic hydroxyl groups excluding tert-OH is 2. The molecule has 0 amide bonds. The van der Waals surface area contributed by atoms with E-state index in [1.54, 1.807) is 6.07 Å². The zero-order valence-electron chi connectivity index (χ0n) is 13.3. The third-order valence-electron chi connectivity index (χ3n) is 3.81. The first-order chi connectivity index (χ1) is 11.6. The summed E-state index contributed by atoms with van der Waals surface area (Å²) in [6, 6.07) is 13.0. The van der Waals surface area contributed by atoms with Crippen LogP contribution in [0.1, 0.15) is 5.56 Å². The summed E-state index contributed by atoms with van der Waals surface area (Å²) in [7, 11) is 0. The molecule has 0 radical (unpaired) electrons. The van der Waals surface area contributed by atoms with Crippen molar-refractivity contribution in [2.75, 3.05) is 18.5 Å². The second-order valence-electron chi connectivity index (χ2n) is 5.68. The second kappa shape index (κ2) is 6.82. The van der Waals surface area contributed by atoms with E-state index in [1.807, 2.05) is 43.3 Å². The molecule has 0 saturated carbocycles. The van der Waals surface area contributed by atoms with Gasteiger partial charge in [0.25, 0.3) is 0 Å². The molecule has 0 fully saturated rings. The number of rotatable bonds is 5. The summed E-state index contributed by atoms with van der Waals surface area (Å²) in [6.45, 7) is 1.75. The Hall–Kier alpha value is -2.70. The Balaban J connectivity index is 2.08. The normalized spacial score (nSPS) is 12.3. The predicted octanol–water partition coefficient (Wildman–Crippen LogP) is 2.08. The molecule has 124 valence electrons. The number of benzene rings is 2. The van der Waals surface area contributed by atoms with E-state index >= 15 is 0 Å². The van der Waals surface area contributed by atoms with E-state index in [0.29, 0.717) is 17.1 Å². The van der Waals surface area contributed by atoms with Crippen LogP contribution in [-0.4, -0.2) is 44.8 Å². The summed E-state index contributed by atoms with van der Waals surface area (Å²) >= 11 is 0. The minimum Gasteiger partial charge on any atom is -0.507 e. The number of aromatic nitrogens is 2. The molecule has 3 aromatic rings. The van der Waals surface area contributed by atoms with Gasteiger partial charge in [-0.2, -0.15) is 0 Å². The summed E-state index contributed by atoms with van der Waals surface area (Å²) in [5.74, 6) is 0.680. The Morgan fingerprint density at radius 1 is 1.08 bits per heavy atom. The van der Waals surface area contributed by atoms with Crippen molar-refractivity contribution in [2.45, 2.75) is 13.0 Å². The van der Waals surface area contributed by atoms with Gasteiger partial charge in [0.15, 0.2) is 5.82 Å². The van der Waals surface area contributed by atoms with Crippen molar-refractivity contribution in [3.63, 3.8) is 0 Å². The number of aryl methyl sites for hydroxylation is 1. The van der Waals surface area contributed by atoms with Crippen molar-refractivity contribution in [2.24, 2.45) is 0 Å². The van der Waals surface area contributed by atoms with E-state index < -0.39 is 6.10 Å². The molecule has 1 aromatic heterocycles. The molecular weight excluding hydrogens is 306 g/mol. The fourth-order valence-electron chi connectivity index (χ4n) is 2.55. The van der Waals surface area contributed by atoms with Gasteiger partial charge in [0.2, 0.25) is 0 Å². The highest BCUT2D eigenvalue weighted by molar-refractivity contribution is 6.00. The number of aliphatic hydroxyl groups is 2. The average molecular weight is 325 g/mol. The van der Waals surface area contributed by atoms with Crippen molar-refractivity contribution >= 4 is 16.6 Å². The molecule has 0 saturated heterocycles. The van der Waals surface area contributed by atoms with E-state index in [4.69, 9.17) is 5.11 Å². The van der Waals surface area contributed by atoms with E-state index in [0.717, 1.165) is 16.3 Å². The number of hydrogen-bond donors (Lipinski definition) is 4. The summed E-state index contributed by atoms with van der Waals surface area (Å²) in [4.78, 5) is 0. The summed E-state index contributed by atoms with van der Waals surface area (Å²) in [5.41, 5.74) is 2.17. The molecule has 6 nitrogen and oxygen atoms in total. The van der Waals surface area contributed by atoms with Crippen LogP contribution in [0.15, 0.2) is 42.5 Å². The Bertz CT molecular complexity index is 867. The van der Waals surface area contributed by atoms with Gasteiger partial charge in [-0.15, -0.1) is 10.2 Å². The number of aromatic hydroxyl groups is 1. The van der Waals surface area contributed by atoms with Gasteiger partial charge in [0.05, 0.1) is 12.7 Å². The Labute approximate surface area is 139 Å². The van der Waals surface area contributed by atoms with Crippen molar-refractivity contribution in [1.29, 1.82) is 0 Å². The Kier molecular flexibility index (Phi) is 4.59. The number of nitrogens with zero attached hydrogens (tertiary/aromatic N) is 2. The number of nitrogens with one attached hydrogen (secondary N) is 1. The fourth-order valence-corrected chi connectivity index (χ4v) is 2.55. The molecule has 0 spiro atoms. The van der Waals surface area contributed by atoms with Gasteiger partial charge in [-0.25, -0.2) is 0 Å². The molecule has 0 bridgehead atoms. The van der Waals surface area contributed by atoms with Gasteiger partial charge in [0, 0.05) is 22.9 Å². The van der Waals surface area contributed by atoms with Crippen LogP contribution >= 0.6 is 0 Å². The van der Waals surface area contributed by atoms with Gasteiger partial charge in [-0.05, 0) is 24.6 Å². The first kappa shape index (κ1) is 16.2. The first-order valence-corrected chi connectivity index (χ1v) is 7.68. The lowest BCUT2D eigenvalue weighted by molar-refractivity contribution is 0.105. The van der Waals surface area contributed by atoms with Crippen LogP contribution in [0.4, 0.5) is 5.82 Å². The maximum Gasteiger partial charge on any atom is 0.156 e. The number of fused-ring (bicyclic) bond motifs is 1. The highest BCUT2D eigenvalue weighted by Crippen LogP contribution is 2.34. The summed E-state index contributed by atoms with van der Waals surface area (Å²) < 4.78 is 0. The van der Waals surface area contributed by atoms with Crippen molar-refractivity contribution in [3.05, 3.63) is 48.0 Å². The van der Waals surface area contributed by atoms with Crippen LogP contribution in [0.2, 0.25) is 0 Å². The van der Waals surface area contributed by atoms with Gasteiger partial charge >= 0.3 is 0 Å². The van der Waals surface area contributed by atoms with E-state index in [2.05, 4.69) is 15.5 Å². The third kappa shape index (κ3) is 3.15. The van der Waals surface area contributed by atoms with E-state index in [9.17, 15) is 10.2 Å². The summed E-state index contributed by atoms with van der Waals surface area (Å²) in [5, 5.41) is 41.8. The van der Waals surface area contributed by atoms with Crippen molar-refractivity contribution in [1.82, 2.24) is 10.2 Å². The van der Waals surface area contributed by atoms with Crippen LogP contribution in [0.3, 0.4) is 0 Å². The molecule has 1 atom stereocenters. The Morgan fingerprint density at radius 2 is 1.83 bits per heavy atom. The van der Waals surface area contributed by atoms with Crippen LogP contribution < -0.4 is 5.32 Å². The number of phenols is 1. The lowest BCUT2D eigenvalue weighted by Gasteiger charge is -2.13. The number of anilines is 1. The molecule has 0 unspecified atom stereocenters. The fraction of sp³-hybridized carbons (Fsp3) is 0.222. The van der Waals surface area contributed by atoms with Crippen LogP contribution in [0.5, 0.6) is 5.75 Å². The zero-order valence-corrected chi connectivity index (χ0v) is 13.3. The minimum atomic E-state index is -0.869. The number of phenolic OH excluding ortho intramolecular Hbond substituents is 1. The molecule has 6 heteroatoms. The molecule has 0 aliphatic heterocycles. The molecule has 1 heterocycles. The summed E-state index contributed by atoms with van der Waals surface area (Å²) in [6.07, 6.45) is -0.869. The molecule has 3 rings (SSSR count). The van der Waals surface area contributed by atoms with Gasteiger partial charge in [-0.3, -0.25) is 0 Å². The quantitative estimate of drug-likeness (QED) is 0.573. The van der Waals surface area contributed by atoms with Gasteiger partial charge < -0.3 is 20.6 Å². The Morgan fingerprint density at radius 3 is 2.54 bits per heavy atom.